The molecule has 2 aromatic carbocycles. The lowest BCUT2D eigenvalue weighted by Crippen LogP contribution is -1.93. The van der Waals surface area contributed by atoms with Crippen molar-refractivity contribution in [3.8, 4) is 0 Å². The summed E-state index contributed by atoms with van der Waals surface area (Å²) in [6, 6.07) is 15.6. The van der Waals surface area contributed by atoms with Gasteiger partial charge in [0.15, 0.2) is 0 Å². The van der Waals surface area contributed by atoms with Crippen LogP contribution in [0.25, 0.3) is 0 Å². The molecule has 0 saturated heterocycles. The minimum atomic E-state index is 0.570. The SMILES string of the molecule is Nc1cc(Cl)ccc1SCOCc1ccccc1. The van der Waals surface area contributed by atoms with Crippen LogP contribution in [0.5, 0.6) is 0 Å². The first kappa shape index (κ1) is 13.3. The summed E-state index contributed by atoms with van der Waals surface area (Å²) < 4.78 is 5.58. The van der Waals surface area contributed by atoms with Gasteiger partial charge in [-0.1, -0.05) is 53.7 Å². The molecule has 0 bridgehead atoms. The van der Waals surface area contributed by atoms with Gasteiger partial charge in [-0.05, 0) is 23.8 Å². The van der Waals surface area contributed by atoms with Crippen LogP contribution in [0, 0.1) is 0 Å². The van der Waals surface area contributed by atoms with Gasteiger partial charge < -0.3 is 10.5 Å². The molecule has 0 atom stereocenters. The van der Waals surface area contributed by atoms with E-state index in [1.807, 2.05) is 42.5 Å². The summed E-state index contributed by atoms with van der Waals surface area (Å²) in [5.74, 6) is 0.570. The highest BCUT2D eigenvalue weighted by atomic mass is 35.5. The topological polar surface area (TPSA) is 35.2 Å². The smallest absolute Gasteiger partial charge is 0.0972 e. The van der Waals surface area contributed by atoms with Crippen molar-refractivity contribution in [2.24, 2.45) is 0 Å². The van der Waals surface area contributed by atoms with Crippen molar-refractivity contribution in [2.75, 3.05) is 11.7 Å². The van der Waals surface area contributed by atoms with Crippen LogP contribution in [0.1, 0.15) is 5.56 Å². The van der Waals surface area contributed by atoms with Crippen LogP contribution in [0.3, 0.4) is 0 Å². The minimum absolute atomic E-state index is 0.570. The van der Waals surface area contributed by atoms with Crippen LogP contribution in [-0.2, 0) is 11.3 Å². The molecule has 0 heterocycles. The number of hydrogen-bond acceptors (Lipinski definition) is 3. The zero-order chi connectivity index (χ0) is 12.8. The largest absolute Gasteiger partial charge is 0.398 e. The molecule has 2 aromatic rings. The summed E-state index contributed by atoms with van der Waals surface area (Å²) in [5, 5.41) is 0.655. The van der Waals surface area contributed by atoms with Gasteiger partial charge in [0.1, 0.15) is 0 Å². The second-order valence-corrected chi connectivity index (χ2v) is 5.18. The molecule has 0 aliphatic heterocycles. The molecule has 0 radical (unpaired) electrons. The maximum atomic E-state index is 5.85. The lowest BCUT2D eigenvalue weighted by atomic mass is 10.2. The number of nitrogen functional groups attached to an aromatic ring is 1. The quantitative estimate of drug-likeness (QED) is 0.386. The monoisotopic (exact) mass is 279 g/mol. The van der Waals surface area contributed by atoms with E-state index in [4.69, 9.17) is 22.1 Å². The van der Waals surface area contributed by atoms with Crippen LogP contribution in [0.15, 0.2) is 53.4 Å². The summed E-state index contributed by atoms with van der Waals surface area (Å²) in [7, 11) is 0. The number of thioether (sulfide) groups is 1. The van der Waals surface area contributed by atoms with Crippen LogP contribution < -0.4 is 5.73 Å². The molecule has 0 spiro atoms. The second kappa shape index (κ2) is 6.69. The number of nitrogens with two attached hydrogens (primary N) is 1. The fourth-order valence-corrected chi connectivity index (χ4v) is 2.35. The fourth-order valence-electron chi connectivity index (χ4n) is 1.49. The summed E-state index contributed by atoms with van der Waals surface area (Å²) in [6.07, 6.45) is 0. The minimum Gasteiger partial charge on any atom is -0.398 e. The van der Waals surface area contributed by atoms with Gasteiger partial charge in [0.05, 0.1) is 12.5 Å². The Bertz CT molecular complexity index is 504. The Morgan fingerprint density at radius 3 is 2.61 bits per heavy atom. The highest BCUT2D eigenvalue weighted by molar-refractivity contribution is 7.99. The molecular formula is C14H14ClNOS. The highest BCUT2D eigenvalue weighted by Gasteiger charge is 2.01. The Kier molecular flexibility index (Phi) is 4.93. The Morgan fingerprint density at radius 2 is 1.89 bits per heavy atom. The third-order valence-electron chi connectivity index (χ3n) is 2.38. The molecule has 18 heavy (non-hydrogen) atoms. The van der Waals surface area contributed by atoms with Crippen LogP contribution in [0.2, 0.25) is 5.02 Å². The molecule has 0 saturated carbocycles. The standard InChI is InChI=1S/C14H14ClNOS/c15-12-6-7-14(13(16)8-12)18-10-17-9-11-4-2-1-3-5-11/h1-8H,9-10,16H2. The third-order valence-corrected chi connectivity index (χ3v) is 3.58. The lowest BCUT2D eigenvalue weighted by Gasteiger charge is -2.07. The van der Waals surface area contributed by atoms with Gasteiger partial charge in [-0.3, -0.25) is 0 Å². The van der Waals surface area contributed by atoms with E-state index in [9.17, 15) is 0 Å². The van der Waals surface area contributed by atoms with E-state index in [-0.39, 0.29) is 0 Å². The summed E-state index contributed by atoms with van der Waals surface area (Å²) in [4.78, 5) is 0.993. The average molecular weight is 280 g/mol. The number of halogens is 1. The summed E-state index contributed by atoms with van der Waals surface area (Å²) in [6.45, 7) is 0.612. The Hall–Kier alpha value is -1.16. The molecule has 4 heteroatoms. The molecule has 2 N–H and O–H groups in total. The van der Waals surface area contributed by atoms with Crippen LogP contribution in [0.4, 0.5) is 5.69 Å². The summed E-state index contributed by atoms with van der Waals surface area (Å²) >= 11 is 7.41. The molecule has 0 aromatic heterocycles. The van der Waals surface area contributed by atoms with Crippen LogP contribution in [-0.4, -0.2) is 5.94 Å². The van der Waals surface area contributed by atoms with E-state index in [0.717, 1.165) is 4.90 Å². The number of hydrogen-bond donors (Lipinski definition) is 1. The molecule has 2 rings (SSSR count). The molecule has 94 valence electrons. The van der Waals surface area contributed by atoms with Crippen molar-refractivity contribution in [3.05, 3.63) is 59.1 Å². The number of benzene rings is 2. The van der Waals surface area contributed by atoms with E-state index in [2.05, 4.69) is 0 Å². The first-order valence-electron chi connectivity index (χ1n) is 5.55. The van der Waals surface area contributed by atoms with E-state index < -0.39 is 0 Å². The van der Waals surface area contributed by atoms with Crippen molar-refractivity contribution in [1.29, 1.82) is 0 Å². The molecule has 0 aliphatic rings. The Morgan fingerprint density at radius 1 is 1.11 bits per heavy atom. The van der Waals surface area contributed by atoms with Crippen molar-refractivity contribution in [2.45, 2.75) is 11.5 Å². The van der Waals surface area contributed by atoms with Gasteiger partial charge in [0, 0.05) is 15.6 Å². The van der Waals surface area contributed by atoms with Crippen molar-refractivity contribution < 1.29 is 4.74 Å². The Labute approximate surface area is 116 Å². The van der Waals surface area contributed by atoms with Gasteiger partial charge in [-0.15, -0.1) is 0 Å². The first-order valence-corrected chi connectivity index (χ1v) is 6.91. The zero-order valence-corrected chi connectivity index (χ0v) is 11.4. The second-order valence-electron chi connectivity index (χ2n) is 3.78. The Balaban J connectivity index is 1.79. The van der Waals surface area contributed by atoms with Crippen molar-refractivity contribution in [1.82, 2.24) is 0 Å². The van der Waals surface area contributed by atoms with Crippen molar-refractivity contribution >= 4 is 29.1 Å². The molecular weight excluding hydrogens is 266 g/mol. The molecule has 0 unspecified atom stereocenters. The zero-order valence-electron chi connectivity index (χ0n) is 9.80. The lowest BCUT2D eigenvalue weighted by molar-refractivity contribution is 0.169. The van der Waals surface area contributed by atoms with Crippen LogP contribution >= 0.6 is 23.4 Å². The molecule has 0 aliphatic carbocycles. The van der Waals surface area contributed by atoms with Gasteiger partial charge in [0.25, 0.3) is 0 Å². The number of rotatable bonds is 5. The molecule has 0 fully saturated rings. The maximum absolute atomic E-state index is 5.85. The van der Waals surface area contributed by atoms with Gasteiger partial charge in [-0.2, -0.15) is 0 Å². The van der Waals surface area contributed by atoms with Gasteiger partial charge >= 0.3 is 0 Å². The third kappa shape index (κ3) is 3.95. The van der Waals surface area contributed by atoms with Crippen molar-refractivity contribution in [3.63, 3.8) is 0 Å². The number of anilines is 1. The average Bonchev–Trinajstić information content (AvgIpc) is 2.38. The maximum Gasteiger partial charge on any atom is 0.0972 e. The number of ether oxygens (including phenoxy) is 1. The summed E-state index contributed by atoms with van der Waals surface area (Å²) in [5.41, 5.74) is 7.71. The first-order chi connectivity index (χ1) is 8.75. The highest BCUT2D eigenvalue weighted by Crippen LogP contribution is 2.27. The van der Waals surface area contributed by atoms with E-state index in [1.165, 1.54) is 5.56 Å². The van der Waals surface area contributed by atoms with E-state index in [0.29, 0.717) is 23.3 Å². The van der Waals surface area contributed by atoms with E-state index >= 15 is 0 Å². The molecule has 2 nitrogen and oxygen atoms in total. The predicted octanol–water partition coefficient (Wildman–Crippen LogP) is 4.19. The predicted molar refractivity (Wildman–Crippen MR) is 77.8 cm³/mol. The normalized spacial score (nSPS) is 10.5. The fraction of sp³-hybridized carbons (Fsp3) is 0.143. The van der Waals surface area contributed by atoms with E-state index in [1.54, 1.807) is 17.8 Å². The van der Waals surface area contributed by atoms with Gasteiger partial charge in [-0.25, -0.2) is 0 Å². The van der Waals surface area contributed by atoms with Gasteiger partial charge in [0.2, 0.25) is 0 Å². The molecule has 0 amide bonds.